The van der Waals surface area contributed by atoms with E-state index in [0.717, 1.165) is 52.6 Å². The number of likely N-dealkylation sites (tertiary alicyclic amines) is 1. The molecular formula is C21H21N5S2. The minimum atomic E-state index is 0.800. The Hall–Kier alpha value is -2.22. The molecule has 142 valence electrons. The lowest BCUT2D eigenvalue weighted by molar-refractivity contribution is 0.319. The molecule has 5 nitrogen and oxygen atoms in total. The van der Waals surface area contributed by atoms with Crippen LogP contribution in [0.1, 0.15) is 23.7 Å². The average molecular weight is 408 g/mol. The molecular weight excluding hydrogens is 386 g/mol. The van der Waals surface area contributed by atoms with Gasteiger partial charge in [-0.2, -0.15) is 0 Å². The zero-order valence-corrected chi connectivity index (χ0v) is 17.1. The van der Waals surface area contributed by atoms with Gasteiger partial charge in [-0.1, -0.05) is 42.1 Å². The number of aromatic nitrogens is 4. The van der Waals surface area contributed by atoms with E-state index in [-0.39, 0.29) is 0 Å². The van der Waals surface area contributed by atoms with Gasteiger partial charge in [-0.25, -0.2) is 4.98 Å². The highest BCUT2D eigenvalue weighted by Crippen LogP contribution is 2.30. The van der Waals surface area contributed by atoms with E-state index in [1.165, 1.54) is 17.5 Å². The number of nitrogens with zero attached hydrogens (tertiary/aromatic N) is 5. The van der Waals surface area contributed by atoms with Crippen molar-refractivity contribution >= 4 is 33.3 Å². The van der Waals surface area contributed by atoms with Gasteiger partial charge < -0.3 is 0 Å². The van der Waals surface area contributed by atoms with Crippen molar-refractivity contribution in [3.63, 3.8) is 0 Å². The van der Waals surface area contributed by atoms with Gasteiger partial charge in [0.05, 0.1) is 22.5 Å². The lowest BCUT2D eigenvalue weighted by atomic mass is 10.3. The molecule has 2 aromatic carbocycles. The Morgan fingerprint density at radius 3 is 2.54 bits per heavy atom. The zero-order chi connectivity index (χ0) is 18.8. The third kappa shape index (κ3) is 3.70. The highest BCUT2D eigenvalue weighted by Gasteiger charge is 2.19. The van der Waals surface area contributed by atoms with Crippen LogP contribution < -0.4 is 0 Å². The Bertz CT molecular complexity index is 1030. The summed E-state index contributed by atoms with van der Waals surface area (Å²) >= 11 is 3.46. The summed E-state index contributed by atoms with van der Waals surface area (Å²) in [6.45, 7) is 3.15. The summed E-state index contributed by atoms with van der Waals surface area (Å²) in [5.41, 5.74) is 2.19. The van der Waals surface area contributed by atoms with Crippen molar-refractivity contribution in [2.24, 2.45) is 0 Å². The molecule has 1 saturated heterocycles. The molecule has 0 bridgehead atoms. The quantitative estimate of drug-likeness (QED) is 0.431. The topological polar surface area (TPSA) is 46.8 Å². The van der Waals surface area contributed by atoms with Crippen molar-refractivity contribution in [1.82, 2.24) is 24.6 Å². The van der Waals surface area contributed by atoms with Crippen LogP contribution in [0.25, 0.3) is 15.9 Å². The van der Waals surface area contributed by atoms with E-state index in [1.807, 2.05) is 12.1 Å². The smallest absolute Gasteiger partial charge is 0.196 e. The molecule has 0 unspecified atom stereocenters. The third-order valence-electron chi connectivity index (χ3n) is 4.94. The van der Waals surface area contributed by atoms with Gasteiger partial charge in [0.2, 0.25) is 0 Å². The van der Waals surface area contributed by atoms with E-state index in [1.54, 1.807) is 23.1 Å². The molecule has 1 fully saturated rings. The van der Waals surface area contributed by atoms with Crippen molar-refractivity contribution in [2.75, 3.05) is 13.1 Å². The number of thiazole rings is 1. The van der Waals surface area contributed by atoms with Gasteiger partial charge in [-0.3, -0.25) is 9.47 Å². The molecule has 4 aromatic rings. The van der Waals surface area contributed by atoms with Crippen molar-refractivity contribution in [1.29, 1.82) is 0 Å². The highest BCUT2D eigenvalue weighted by molar-refractivity contribution is 7.98. The Balaban J connectivity index is 1.42. The zero-order valence-electron chi connectivity index (χ0n) is 15.5. The van der Waals surface area contributed by atoms with Crippen molar-refractivity contribution < 1.29 is 0 Å². The number of hydrogen-bond acceptors (Lipinski definition) is 6. The van der Waals surface area contributed by atoms with Crippen molar-refractivity contribution in [3.05, 3.63) is 65.4 Å². The minimum Gasteiger partial charge on any atom is -0.296 e. The van der Waals surface area contributed by atoms with Crippen LogP contribution in [0, 0.1) is 0 Å². The number of thioether (sulfide) groups is 1. The molecule has 0 N–H and O–H groups in total. The van der Waals surface area contributed by atoms with Crippen LogP contribution in [-0.4, -0.2) is 37.7 Å². The monoisotopic (exact) mass is 407 g/mol. The molecule has 5 rings (SSSR count). The van der Waals surface area contributed by atoms with Gasteiger partial charge in [0.25, 0.3) is 0 Å². The largest absolute Gasteiger partial charge is 0.296 e. The maximum atomic E-state index is 4.75. The first kappa shape index (κ1) is 17.8. The fourth-order valence-electron chi connectivity index (χ4n) is 3.58. The molecule has 28 heavy (non-hydrogen) atoms. The maximum Gasteiger partial charge on any atom is 0.196 e. The van der Waals surface area contributed by atoms with Gasteiger partial charge in [-0.15, -0.1) is 21.5 Å². The molecule has 0 radical (unpaired) electrons. The predicted molar refractivity (Wildman–Crippen MR) is 115 cm³/mol. The summed E-state index contributed by atoms with van der Waals surface area (Å²) in [5, 5.41) is 11.1. The SMILES string of the molecule is c1ccc(-n2c(CN3CCCC3)nnc2SCc2nc3ccccc3s2)cc1. The molecule has 0 saturated carbocycles. The highest BCUT2D eigenvalue weighted by atomic mass is 32.2. The molecule has 1 aliphatic heterocycles. The molecule has 0 spiro atoms. The lowest BCUT2D eigenvalue weighted by Gasteiger charge is -2.15. The molecule has 0 aliphatic carbocycles. The number of benzene rings is 2. The Labute approximate surface area is 172 Å². The maximum absolute atomic E-state index is 4.75. The second kappa shape index (κ2) is 8.03. The summed E-state index contributed by atoms with van der Waals surface area (Å²) in [4.78, 5) is 7.22. The van der Waals surface area contributed by atoms with Gasteiger partial charge in [-0.05, 0) is 50.2 Å². The van der Waals surface area contributed by atoms with Crippen LogP contribution in [0.2, 0.25) is 0 Å². The van der Waals surface area contributed by atoms with Crippen LogP contribution in [-0.2, 0) is 12.3 Å². The average Bonchev–Trinajstić information content (AvgIpc) is 3.47. The number of para-hydroxylation sites is 2. The van der Waals surface area contributed by atoms with Crippen LogP contribution in [0.15, 0.2) is 59.8 Å². The van der Waals surface area contributed by atoms with Crippen LogP contribution in [0.4, 0.5) is 0 Å². The van der Waals surface area contributed by atoms with Crippen molar-refractivity contribution in [3.8, 4) is 5.69 Å². The summed E-state index contributed by atoms with van der Waals surface area (Å²) < 4.78 is 3.44. The first-order chi connectivity index (χ1) is 13.9. The number of hydrogen-bond donors (Lipinski definition) is 0. The van der Waals surface area contributed by atoms with Crippen molar-refractivity contribution in [2.45, 2.75) is 30.3 Å². The molecule has 2 aromatic heterocycles. The summed E-state index contributed by atoms with van der Waals surface area (Å²) in [6.07, 6.45) is 2.55. The first-order valence-electron chi connectivity index (χ1n) is 9.56. The molecule has 7 heteroatoms. The van der Waals surface area contributed by atoms with Gasteiger partial charge in [0.1, 0.15) is 5.01 Å². The fraction of sp³-hybridized carbons (Fsp3) is 0.286. The van der Waals surface area contributed by atoms with Crippen LogP contribution in [0.3, 0.4) is 0 Å². The summed E-state index contributed by atoms with van der Waals surface area (Å²) in [7, 11) is 0. The van der Waals surface area contributed by atoms with E-state index >= 15 is 0 Å². The second-order valence-electron chi connectivity index (χ2n) is 6.92. The molecule has 3 heterocycles. The van der Waals surface area contributed by atoms with E-state index in [4.69, 9.17) is 4.98 Å². The number of rotatable bonds is 6. The van der Waals surface area contributed by atoms with Gasteiger partial charge >= 0.3 is 0 Å². The number of fused-ring (bicyclic) bond motifs is 1. The first-order valence-corrected chi connectivity index (χ1v) is 11.4. The molecule has 0 amide bonds. The molecule has 1 aliphatic rings. The lowest BCUT2D eigenvalue weighted by Crippen LogP contribution is -2.21. The fourth-order valence-corrected chi connectivity index (χ4v) is 5.51. The summed E-state index contributed by atoms with van der Waals surface area (Å²) in [6, 6.07) is 18.7. The standard InChI is InChI=1S/C21H21N5S2/c1-2-8-16(9-3-1)26-19(14-25-12-6-7-13-25)23-24-21(26)27-15-20-22-17-10-4-5-11-18(17)28-20/h1-5,8-11H,6-7,12-15H2. The molecule has 0 atom stereocenters. The van der Waals surface area contributed by atoms with Crippen LogP contribution >= 0.6 is 23.1 Å². The minimum absolute atomic E-state index is 0.800. The van der Waals surface area contributed by atoms with E-state index in [0.29, 0.717) is 0 Å². The van der Waals surface area contributed by atoms with Gasteiger partial charge in [0.15, 0.2) is 11.0 Å². The third-order valence-corrected chi connectivity index (χ3v) is 7.10. The Morgan fingerprint density at radius 1 is 0.929 bits per heavy atom. The van der Waals surface area contributed by atoms with E-state index in [2.05, 4.69) is 62.1 Å². The Kier molecular flexibility index (Phi) is 5.12. The van der Waals surface area contributed by atoms with Crippen LogP contribution in [0.5, 0.6) is 0 Å². The Morgan fingerprint density at radius 2 is 1.71 bits per heavy atom. The van der Waals surface area contributed by atoms with E-state index < -0.39 is 0 Å². The predicted octanol–water partition coefficient (Wildman–Crippen LogP) is 4.77. The second-order valence-corrected chi connectivity index (χ2v) is 8.97. The van der Waals surface area contributed by atoms with E-state index in [9.17, 15) is 0 Å². The van der Waals surface area contributed by atoms with Gasteiger partial charge in [0, 0.05) is 5.69 Å². The summed E-state index contributed by atoms with van der Waals surface area (Å²) in [5.74, 6) is 1.81. The normalized spacial score (nSPS) is 14.9.